The van der Waals surface area contributed by atoms with Crippen molar-refractivity contribution < 1.29 is 18.7 Å². The van der Waals surface area contributed by atoms with Gasteiger partial charge >= 0.3 is 0 Å². The molecule has 0 atom stereocenters. The van der Waals surface area contributed by atoms with Crippen molar-refractivity contribution in [3.8, 4) is 0 Å². The molecule has 0 aliphatic rings. The maximum absolute atomic E-state index is 12.5. The molecule has 6 nitrogen and oxygen atoms in total. The summed E-state index contributed by atoms with van der Waals surface area (Å²) in [5.74, 6) is 0.107. The molecule has 0 bridgehead atoms. The van der Waals surface area contributed by atoms with Gasteiger partial charge in [-0.3, -0.25) is 4.79 Å². The average molecular weight is 334 g/mol. The number of carbonyl (C=O) groups is 1. The van der Waals surface area contributed by atoms with E-state index < -0.39 is 0 Å². The summed E-state index contributed by atoms with van der Waals surface area (Å²) in [6, 6.07) is 7.62. The summed E-state index contributed by atoms with van der Waals surface area (Å²) in [5.41, 5.74) is 1.49. The number of nitrogens with one attached hydrogen (secondary N) is 2. The highest BCUT2D eigenvalue weighted by Gasteiger charge is 2.20. The molecular formula is C18H26N2O4. The fourth-order valence-electron chi connectivity index (χ4n) is 2.32. The first-order valence-electron chi connectivity index (χ1n) is 8.23. The monoisotopic (exact) mass is 334 g/mol. The third-order valence-electron chi connectivity index (χ3n) is 3.54. The van der Waals surface area contributed by atoms with Gasteiger partial charge in [0, 0.05) is 37.7 Å². The highest BCUT2D eigenvalue weighted by atomic mass is 16.5. The number of benzene rings is 1. The Morgan fingerprint density at radius 2 is 2.00 bits per heavy atom. The van der Waals surface area contributed by atoms with Crippen molar-refractivity contribution in [2.45, 2.75) is 26.6 Å². The van der Waals surface area contributed by atoms with Gasteiger partial charge in [-0.2, -0.15) is 0 Å². The molecule has 0 unspecified atom stereocenters. The van der Waals surface area contributed by atoms with Crippen LogP contribution in [0, 0.1) is 0 Å². The summed E-state index contributed by atoms with van der Waals surface area (Å²) in [6.45, 7) is 6.88. The lowest BCUT2D eigenvalue weighted by Gasteiger charge is -2.09. The Labute approximate surface area is 142 Å². The molecule has 0 aliphatic carbocycles. The molecule has 0 radical (unpaired) electrons. The van der Waals surface area contributed by atoms with Crippen LogP contribution in [0.4, 0.5) is 0 Å². The van der Waals surface area contributed by atoms with Crippen molar-refractivity contribution in [1.82, 2.24) is 10.6 Å². The van der Waals surface area contributed by atoms with E-state index in [0.717, 1.165) is 17.5 Å². The molecule has 1 aromatic heterocycles. The molecule has 24 heavy (non-hydrogen) atoms. The molecule has 2 N–H and O–H groups in total. The number of amides is 1. The maximum atomic E-state index is 12.5. The van der Waals surface area contributed by atoms with E-state index in [2.05, 4.69) is 10.6 Å². The first kappa shape index (κ1) is 18.4. The number of hydrogen-bond acceptors (Lipinski definition) is 5. The van der Waals surface area contributed by atoms with Crippen LogP contribution in [-0.2, 0) is 16.1 Å². The van der Waals surface area contributed by atoms with E-state index in [0.29, 0.717) is 37.6 Å². The number of ether oxygens (including phenoxy) is 2. The standard InChI is InChI=1S/C18H26N2O4/c1-13(2)23-12-15-14-6-4-5-7-16(14)24-17(15)18(21)20-9-8-19-10-11-22-3/h4-7,13,19H,8-12H2,1-3H3,(H,20,21). The molecule has 132 valence electrons. The number of para-hydroxylation sites is 1. The van der Waals surface area contributed by atoms with E-state index in [4.69, 9.17) is 13.9 Å². The molecular weight excluding hydrogens is 308 g/mol. The normalized spacial score (nSPS) is 11.3. The smallest absolute Gasteiger partial charge is 0.287 e. The Morgan fingerprint density at radius 1 is 1.21 bits per heavy atom. The zero-order valence-corrected chi connectivity index (χ0v) is 14.6. The molecule has 0 saturated heterocycles. The molecule has 2 rings (SSSR count). The maximum Gasteiger partial charge on any atom is 0.287 e. The van der Waals surface area contributed by atoms with Gasteiger partial charge < -0.3 is 24.5 Å². The molecule has 1 heterocycles. The van der Waals surface area contributed by atoms with Crippen LogP contribution < -0.4 is 10.6 Å². The first-order chi connectivity index (χ1) is 11.6. The highest BCUT2D eigenvalue weighted by Crippen LogP contribution is 2.26. The van der Waals surface area contributed by atoms with Crippen molar-refractivity contribution in [2.75, 3.05) is 33.4 Å². The zero-order valence-electron chi connectivity index (χ0n) is 14.6. The summed E-state index contributed by atoms with van der Waals surface area (Å²) in [7, 11) is 1.66. The summed E-state index contributed by atoms with van der Waals surface area (Å²) >= 11 is 0. The Morgan fingerprint density at radius 3 is 2.75 bits per heavy atom. The lowest BCUT2D eigenvalue weighted by Crippen LogP contribution is -2.33. The van der Waals surface area contributed by atoms with Crippen LogP contribution in [0.3, 0.4) is 0 Å². The third-order valence-corrected chi connectivity index (χ3v) is 3.54. The van der Waals surface area contributed by atoms with E-state index in [-0.39, 0.29) is 12.0 Å². The Balaban J connectivity index is 2.03. The van der Waals surface area contributed by atoms with Gasteiger partial charge in [-0.05, 0) is 19.9 Å². The van der Waals surface area contributed by atoms with Crippen molar-refractivity contribution in [3.05, 3.63) is 35.6 Å². The van der Waals surface area contributed by atoms with Gasteiger partial charge in [-0.25, -0.2) is 0 Å². The minimum atomic E-state index is -0.220. The lowest BCUT2D eigenvalue weighted by molar-refractivity contribution is 0.0643. The van der Waals surface area contributed by atoms with Crippen LogP contribution in [0.5, 0.6) is 0 Å². The fourth-order valence-corrected chi connectivity index (χ4v) is 2.32. The van der Waals surface area contributed by atoms with E-state index in [1.165, 1.54) is 0 Å². The predicted octanol–water partition coefficient (Wildman–Crippen LogP) is 2.32. The van der Waals surface area contributed by atoms with Crippen molar-refractivity contribution in [1.29, 1.82) is 0 Å². The van der Waals surface area contributed by atoms with E-state index in [1.54, 1.807) is 7.11 Å². The Bertz CT molecular complexity index is 652. The highest BCUT2D eigenvalue weighted by molar-refractivity contribution is 5.99. The van der Waals surface area contributed by atoms with Crippen LogP contribution in [0.1, 0.15) is 30.0 Å². The zero-order chi connectivity index (χ0) is 17.4. The summed E-state index contributed by atoms with van der Waals surface area (Å²) < 4.78 is 16.4. The van der Waals surface area contributed by atoms with Gasteiger partial charge in [0.25, 0.3) is 5.91 Å². The number of fused-ring (bicyclic) bond motifs is 1. The van der Waals surface area contributed by atoms with Gasteiger partial charge in [0.1, 0.15) is 5.58 Å². The van der Waals surface area contributed by atoms with E-state index in [1.807, 2.05) is 38.1 Å². The molecule has 0 aliphatic heterocycles. The minimum Gasteiger partial charge on any atom is -0.451 e. The van der Waals surface area contributed by atoms with Crippen LogP contribution in [-0.4, -0.2) is 45.4 Å². The van der Waals surface area contributed by atoms with Crippen molar-refractivity contribution >= 4 is 16.9 Å². The van der Waals surface area contributed by atoms with Crippen LogP contribution in [0.25, 0.3) is 11.0 Å². The number of rotatable bonds is 10. The third kappa shape index (κ3) is 5.06. The van der Waals surface area contributed by atoms with Crippen LogP contribution >= 0.6 is 0 Å². The van der Waals surface area contributed by atoms with Crippen molar-refractivity contribution in [3.63, 3.8) is 0 Å². The number of carbonyl (C=O) groups excluding carboxylic acids is 1. The topological polar surface area (TPSA) is 72.7 Å². The van der Waals surface area contributed by atoms with E-state index in [9.17, 15) is 4.79 Å². The predicted molar refractivity (Wildman–Crippen MR) is 93.2 cm³/mol. The van der Waals surface area contributed by atoms with Crippen LogP contribution in [0.2, 0.25) is 0 Å². The fraction of sp³-hybridized carbons (Fsp3) is 0.500. The molecule has 0 fully saturated rings. The Kier molecular flexibility index (Phi) is 7.24. The summed E-state index contributed by atoms with van der Waals surface area (Å²) in [6.07, 6.45) is 0.0829. The molecule has 1 amide bonds. The average Bonchev–Trinajstić information content (AvgIpc) is 2.94. The van der Waals surface area contributed by atoms with E-state index >= 15 is 0 Å². The molecule has 1 aromatic carbocycles. The Hall–Kier alpha value is -1.89. The second kappa shape index (κ2) is 9.42. The van der Waals surface area contributed by atoms with Gasteiger partial charge in [0.15, 0.2) is 5.76 Å². The number of methoxy groups -OCH3 is 1. The SMILES string of the molecule is COCCNCCNC(=O)c1oc2ccccc2c1COC(C)C. The van der Waals surface area contributed by atoms with Gasteiger partial charge in [-0.1, -0.05) is 18.2 Å². The van der Waals surface area contributed by atoms with Gasteiger partial charge in [0.05, 0.1) is 19.3 Å². The van der Waals surface area contributed by atoms with Gasteiger partial charge in [-0.15, -0.1) is 0 Å². The number of furan rings is 1. The second-order valence-corrected chi connectivity index (χ2v) is 5.76. The minimum absolute atomic E-state index is 0.0829. The van der Waals surface area contributed by atoms with Gasteiger partial charge in [0.2, 0.25) is 0 Å². The van der Waals surface area contributed by atoms with Crippen LogP contribution in [0.15, 0.2) is 28.7 Å². The second-order valence-electron chi connectivity index (χ2n) is 5.76. The molecule has 0 saturated carbocycles. The summed E-state index contributed by atoms with van der Waals surface area (Å²) in [5, 5.41) is 6.97. The quantitative estimate of drug-likeness (QED) is 0.653. The first-order valence-corrected chi connectivity index (χ1v) is 8.23. The molecule has 6 heteroatoms. The largest absolute Gasteiger partial charge is 0.451 e. The van der Waals surface area contributed by atoms with Crippen molar-refractivity contribution in [2.24, 2.45) is 0 Å². The molecule has 0 spiro atoms. The lowest BCUT2D eigenvalue weighted by atomic mass is 10.1. The molecule has 2 aromatic rings. The summed E-state index contributed by atoms with van der Waals surface area (Å²) in [4.78, 5) is 12.5. The number of hydrogen-bond donors (Lipinski definition) is 2.